The van der Waals surface area contributed by atoms with Crippen LogP contribution in [0.5, 0.6) is 0 Å². The van der Waals surface area contributed by atoms with Crippen LogP contribution in [0.4, 0.5) is 0 Å². The zero-order valence-corrected chi connectivity index (χ0v) is 8.71. The molecule has 11 heavy (non-hydrogen) atoms. The monoisotopic (exact) mass is 171 g/mol. The lowest BCUT2D eigenvalue weighted by atomic mass is 10.0. The van der Waals surface area contributed by atoms with Crippen molar-refractivity contribution in [3.63, 3.8) is 0 Å². The molecule has 0 N–H and O–H groups in total. The van der Waals surface area contributed by atoms with Crippen molar-refractivity contribution in [3.8, 4) is 0 Å². The van der Waals surface area contributed by atoms with Gasteiger partial charge in [-0.2, -0.15) is 11.8 Å². The number of hydrogen-bond acceptors (Lipinski definition) is 1. The van der Waals surface area contributed by atoms with Crippen LogP contribution in [-0.4, -0.2) is 10.00 Å². The lowest BCUT2D eigenvalue weighted by molar-refractivity contribution is 0.600. The smallest absolute Gasteiger partial charge is 0.00778 e. The van der Waals surface area contributed by atoms with E-state index in [2.05, 4.69) is 39.0 Å². The molecule has 1 saturated carbocycles. The summed E-state index contributed by atoms with van der Waals surface area (Å²) in [6.45, 7) is 6.94. The van der Waals surface area contributed by atoms with Gasteiger partial charge in [-0.3, -0.25) is 0 Å². The third kappa shape index (κ3) is 4.05. The first-order valence-electron chi connectivity index (χ1n) is 4.57. The molecular formula is C10H19S. The van der Waals surface area contributed by atoms with E-state index >= 15 is 0 Å². The third-order valence-electron chi connectivity index (χ3n) is 1.88. The highest BCUT2D eigenvalue weighted by atomic mass is 32.2. The Labute approximate surface area is 75.1 Å². The number of thioether (sulfide) groups is 1. The predicted octanol–water partition coefficient (Wildman–Crippen LogP) is 3.66. The van der Waals surface area contributed by atoms with Crippen LogP contribution < -0.4 is 0 Å². The van der Waals surface area contributed by atoms with Gasteiger partial charge in [-0.25, -0.2) is 0 Å². The SMILES string of the molecule is CC(C)(C)SC1C[CH]CCC1. The van der Waals surface area contributed by atoms with E-state index in [1.54, 1.807) is 0 Å². The molecule has 0 aromatic heterocycles. The van der Waals surface area contributed by atoms with Crippen molar-refractivity contribution >= 4 is 11.8 Å². The summed E-state index contributed by atoms with van der Waals surface area (Å²) in [5, 5.41) is 0.906. The number of hydrogen-bond donors (Lipinski definition) is 0. The van der Waals surface area contributed by atoms with Gasteiger partial charge in [0.25, 0.3) is 0 Å². The molecule has 1 atom stereocenters. The van der Waals surface area contributed by atoms with Crippen molar-refractivity contribution in [3.05, 3.63) is 6.42 Å². The summed E-state index contributed by atoms with van der Waals surface area (Å²) in [5.74, 6) is 0. The van der Waals surface area contributed by atoms with Crippen molar-refractivity contribution in [2.75, 3.05) is 0 Å². The maximum absolute atomic E-state index is 2.45. The van der Waals surface area contributed by atoms with Gasteiger partial charge >= 0.3 is 0 Å². The first-order valence-corrected chi connectivity index (χ1v) is 5.45. The van der Waals surface area contributed by atoms with Crippen molar-refractivity contribution in [1.29, 1.82) is 0 Å². The second kappa shape index (κ2) is 3.84. The normalized spacial score (nSPS) is 22.1. The van der Waals surface area contributed by atoms with E-state index in [4.69, 9.17) is 0 Å². The summed E-state index contributed by atoms with van der Waals surface area (Å²) < 4.78 is 0.454. The minimum atomic E-state index is 0.454. The van der Waals surface area contributed by atoms with Crippen molar-refractivity contribution < 1.29 is 0 Å². The van der Waals surface area contributed by atoms with Crippen LogP contribution in [0.2, 0.25) is 0 Å². The zero-order chi connectivity index (χ0) is 8.32. The van der Waals surface area contributed by atoms with Crippen LogP contribution >= 0.6 is 11.8 Å². The van der Waals surface area contributed by atoms with Gasteiger partial charge < -0.3 is 0 Å². The Morgan fingerprint density at radius 2 is 2.09 bits per heavy atom. The molecule has 1 radical (unpaired) electrons. The second-order valence-corrected chi connectivity index (χ2v) is 6.43. The molecule has 0 amide bonds. The van der Waals surface area contributed by atoms with E-state index in [1.807, 2.05) is 0 Å². The Morgan fingerprint density at radius 3 is 2.55 bits per heavy atom. The second-order valence-electron chi connectivity index (χ2n) is 4.31. The highest BCUT2D eigenvalue weighted by Gasteiger charge is 2.20. The van der Waals surface area contributed by atoms with Gasteiger partial charge in [-0.15, -0.1) is 0 Å². The van der Waals surface area contributed by atoms with Crippen LogP contribution in [0.1, 0.15) is 46.5 Å². The van der Waals surface area contributed by atoms with Gasteiger partial charge in [0, 0.05) is 10.00 Å². The fourth-order valence-corrected chi connectivity index (χ4v) is 3.04. The van der Waals surface area contributed by atoms with E-state index < -0.39 is 0 Å². The molecule has 0 heterocycles. The summed E-state index contributed by atoms with van der Waals surface area (Å²) in [4.78, 5) is 0. The van der Waals surface area contributed by atoms with Crippen LogP contribution in [0.15, 0.2) is 0 Å². The maximum Gasteiger partial charge on any atom is 0.00778 e. The third-order valence-corrected chi connectivity index (χ3v) is 3.35. The summed E-state index contributed by atoms with van der Waals surface area (Å²) in [5.41, 5.74) is 0. The Hall–Kier alpha value is 0.350. The lowest BCUT2D eigenvalue weighted by Crippen LogP contribution is -2.18. The minimum Gasteiger partial charge on any atom is -0.153 e. The van der Waals surface area contributed by atoms with Crippen LogP contribution in [0, 0.1) is 6.42 Å². The Balaban J connectivity index is 2.24. The van der Waals surface area contributed by atoms with Crippen molar-refractivity contribution in [2.24, 2.45) is 0 Å². The summed E-state index contributed by atoms with van der Waals surface area (Å²) in [7, 11) is 0. The molecule has 0 aromatic rings. The van der Waals surface area contributed by atoms with Crippen LogP contribution in [0.3, 0.4) is 0 Å². The molecule has 0 saturated heterocycles. The average Bonchev–Trinajstić information content (AvgIpc) is 1.85. The van der Waals surface area contributed by atoms with Crippen LogP contribution in [0.25, 0.3) is 0 Å². The van der Waals surface area contributed by atoms with Crippen molar-refractivity contribution in [1.82, 2.24) is 0 Å². The fraction of sp³-hybridized carbons (Fsp3) is 0.900. The summed E-state index contributed by atoms with van der Waals surface area (Å²) in [6, 6.07) is 0. The topological polar surface area (TPSA) is 0 Å². The van der Waals surface area contributed by atoms with Gasteiger partial charge in [0.1, 0.15) is 0 Å². The van der Waals surface area contributed by atoms with E-state index in [0.717, 1.165) is 5.25 Å². The molecule has 1 heteroatoms. The molecule has 1 fully saturated rings. The fourth-order valence-electron chi connectivity index (χ4n) is 1.52. The molecular weight excluding hydrogens is 152 g/mol. The standard InChI is InChI=1S/C10H19S/c1-10(2,3)11-9-7-5-4-6-8-9/h5,9H,4,6-8H2,1-3H3. The molecule has 1 rings (SSSR count). The van der Waals surface area contributed by atoms with E-state index in [0.29, 0.717) is 4.75 Å². The first-order chi connectivity index (χ1) is 5.08. The van der Waals surface area contributed by atoms with Gasteiger partial charge in [-0.05, 0) is 19.3 Å². The van der Waals surface area contributed by atoms with Crippen molar-refractivity contribution in [2.45, 2.75) is 56.5 Å². The Kier molecular flexibility index (Phi) is 3.29. The number of rotatable bonds is 1. The Bertz CT molecular complexity index is 107. The summed E-state index contributed by atoms with van der Waals surface area (Å²) >= 11 is 2.15. The molecule has 0 aromatic carbocycles. The van der Waals surface area contributed by atoms with Gasteiger partial charge in [0.15, 0.2) is 0 Å². The van der Waals surface area contributed by atoms with E-state index in [9.17, 15) is 0 Å². The molecule has 0 bridgehead atoms. The molecule has 1 aliphatic rings. The van der Waals surface area contributed by atoms with Gasteiger partial charge in [-0.1, -0.05) is 33.6 Å². The lowest BCUT2D eigenvalue weighted by Gasteiger charge is -2.28. The minimum absolute atomic E-state index is 0.454. The highest BCUT2D eigenvalue weighted by Crippen LogP contribution is 2.35. The molecule has 0 nitrogen and oxygen atoms in total. The Morgan fingerprint density at radius 1 is 1.36 bits per heavy atom. The van der Waals surface area contributed by atoms with Crippen LogP contribution in [-0.2, 0) is 0 Å². The largest absolute Gasteiger partial charge is 0.153 e. The van der Waals surface area contributed by atoms with Gasteiger partial charge in [0.05, 0.1) is 0 Å². The zero-order valence-electron chi connectivity index (χ0n) is 7.89. The molecule has 65 valence electrons. The highest BCUT2D eigenvalue weighted by molar-refractivity contribution is 8.01. The first kappa shape index (κ1) is 9.44. The van der Waals surface area contributed by atoms with E-state index in [-0.39, 0.29) is 0 Å². The van der Waals surface area contributed by atoms with E-state index in [1.165, 1.54) is 25.7 Å². The average molecular weight is 171 g/mol. The quantitative estimate of drug-likeness (QED) is 0.580. The molecule has 0 aliphatic heterocycles. The summed E-state index contributed by atoms with van der Waals surface area (Å²) in [6.07, 6.45) is 7.97. The predicted molar refractivity (Wildman–Crippen MR) is 53.9 cm³/mol. The maximum atomic E-state index is 2.45. The molecule has 1 unspecified atom stereocenters. The molecule has 0 spiro atoms. The molecule has 1 aliphatic carbocycles. The van der Waals surface area contributed by atoms with Gasteiger partial charge in [0.2, 0.25) is 0 Å².